The number of nitrogens with zero attached hydrogens (tertiary/aromatic N) is 1. The second kappa shape index (κ2) is 74.4. The molecule has 2 unspecified atom stereocenters. The molecule has 538 valence electrons. The quantitative estimate of drug-likeness (QED) is 0.0211. The van der Waals surface area contributed by atoms with Crippen LogP contribution in [0.4, 0.5) is 0 Å². The molecular formula is C86H142NO8+. The maximum atomic E-state index is 13.0. The summed E-state index contributed by atoms with van der Waals surface area (Å²) >= 11 is 0. The summed E-state index contributed by atoms with van der Waals surface area (Å²) in [4.78, 5) is 37.7. The molecule has 2 atom stereocenters. The van der Waals surface area contributed by atoms with Gasteiger partial charge in [-0.3, -0.25) is 9.59 Å². The minimum atomic E-state index is -1.52. The van der Waals surface area contributed by atoms with Crippen molar-refractivity contribution in [1.29, 1.82) is 0 Å². The minimum absolute atomic E-state index is 0.179. The predicted octanol–water partition coefficient (Wildman–Crippen LogP) is 24.6. The number of carbonyl (C=O) groups is 3. The molecule has 0 rings (SSSR count). The number of carboxylic acids is 1. The van der Waals surface area contributed by atoms with Crippen molar-refractivity contribution in [2.24, 2.45) is 0 Å². The van der Waals surface area contributed by atoms with Crippen LogP contribution in [0, 0.1) is 0 Å². The highest BCUT2D eigenvalue weighted by molar-refractivity contribution is 5.71. The Labute approximate surface area is 584 Å². The Balaban J connectivity index is 4.09. The maximum Gasteiger partial charge on any atom is 0.361 e. The number of rotatable bonds is 69. The van der Waals surface area contributed by atoms with Gasteiger partial charge in [0.25, 0.3) is 6.29 Å². The lowest BCUT2D eigenvalue weighted by Gasteiger charge is -2.25. The van der Waals surface area contributed by atoms with E-state index >= 15 is 0 Å². The molecule has 0 spiro atoms. The molecule has 0 amide bonds. The number of hydrogen-bond acceptors (Lipinski definition) is 7. The van der Waals surface area contributed by atoms with E-state index in [1.807, 2.05) is 21.1 Å². The number of ether oxygens (including phenoxy) is 4. The van der Waals surface area contributed by atoms with Crippen molar-refractivity contribution in [2.45, 2.75) is 309 Å². The van der Waals surface area contributed by atoms with E-state index in [-0.39, 0.29) is 38.6 Å². The Bertz CT molecular complexity index is 2170. The number of aliphatic carboxylic acids is 1. The summed E-state index contributed by atoms with van der Waals surface area (Å²) in [5, 5.41) is 9.77. The number of quaternary nitrogens is 1. The van der Waals surface area contributed by atoms with Crippen molar-refractivity contribution in [3.8, 4) is 0 Å². The third kappa shape index (κ3) is 75.9. The molecule has 0 aromatic rings. The van der Waals surface area contributed by atoms with Crippen LogP contribution in [-0.4, -0.2) is 87.4 Å². The fraction of sp³-hybridized carbons (Fsp3) is 0.640. The highest BCUT2D eigenvalue weighted by Gasteiger charge is 2.25. The zero-order valence-corrected chi connectivity index (χ0v) is 61.5. The number of carbonyl (C=O) groups excluding carboxylic acids is 2. The third-order valence-corrected chi connectivity index (χ3v) is 16.0. The molecule has 1 N–H and O–H groups in total. The molecule has 9 heteroatoms. The Hall–Kier alpha value is -5.35. The van der Waals surface area contributed by atoms with Crippen molar-refractivity contribution in [2.75, 3.05) is 47.5 Å². The van der Waals surface area contributed by atoms with E-state index < -0.39 is 24.3 Å². The summed E-state index contributed by atoms with van der Waals surface area (Å²) in [6.45, 7) is 4.64. The second-order valence-corrected chi connectivity index (χ2v) is 26.2. The standard InChI is InChI=1S/C86H141NO8/c1-6-8-10-12-14-16-18-20-22-24-26-28-30-32-34-36-37-38-39-40-41-42-43-44-45-46-47-49-51-53-55-57-59-61-63-65-67-69-71-73-75-77-84(89)95-82(81-94-86(85(90)91)92-79-78-87(3,4)5)80-93-83(88)76-74-72-70-68-66-64-62-60-58-56-54-52-50-48-35-33-31-29-27-25-23-21-19-17-15-13-11-9-7-2/h8-11,14-17,20-23,26-29,32-35,37-38,40-41,50,52,56,58,82,86H,6-7,12-13,18-19,24-25,30-31,36,39,42-49,51,53-55,57,59-81H2,1-5H3/p+1/b10-8-,11-9-,16-14-,17-15-,22-20-,23-21-,28-26-,29-27-,34-32-,35-33-,38-37-,41-40-,52-50-,58-56-. The van der Waals surface area contributed by atoms with E-state index in [1.54, 1.807) is 0 Å². The number of likely N-dealkylation sites (N-methyl/N-ethyl adjacent to an activating group) is 1. The first-order valence-electron chi connectivity index (χ1n) is 38.3. The summed E-state index contributed by atoms with van der Waals surface area (Å²) in [6.07, 6.45) is 109. The third-order valence-electron chi connectivity index (χ3n) is 16.0. The van der Waals surface area contributed by atoms with Crippen molar-refractivity contribution in [1.82, 2.24) is 0 Å². The van der Waals surface area contributed by atoms with Crippen molar-refractivity contribution in [3.63, 3.8) is 0 Å². The number of esters is 2. The molecule has 9 nitrogen and oxygen atoms in total. The molecular weight excluding hydrogens is 1170 g/mol. The minimum Gasteiger partial charge on any atom is -0.477 e. The van der Waals surface area contributed by atoms with E-state index in [2.05, 4.69) is 184 Å². The van der Waals surface area contributed by atoms with Gasteiger partial charge in [0.2, 0.25) is 0 Å². The molecule has 0 aliphatic heterocycles. The lowest BCUT2D eigenvalue weighted by molar-refractivity contribution is -0.870. The molecule has 0 radical (unpaired) electrons. The zero-order valence-electron chi connectivity index (χ0n) is 61.5. The number of hydrogen-bond donors (Lipinski definition) is 1. The Morgan fingerprint density at radius 2 is 0.568 bits per heavy atom. The highest BCUT2D eigenvalue weighted by atomic mass is 16.7. The molecule has 0 aromatic carbocycles. The first-order chi connectivity index (χ1) is 46.6. The fourth-order valence-electron chi connectivity index (χ4n) is 10.2. The topological polar surface area (TPSA) is 108 Å². The highest BCUT2D eigenvalue weighted by Crippen LogP contribution is 2.17. The maximum absolute atomic E-state index is 13.0. The normalized spacial score (nSPS) is 13.7. The van der Waals surface area contributed by atoms with E-state index in [0.29, 0.717) is 17.4 Å². The van der Waals surface area contributed by atoms with Crippen molar-refractivity contribution in [3.05, 3.63) is 170 Å². The van der Waals surface area contributed by atoms with Gasteiger partial charge < -0.3 is 28.5 Å². The monoisotopic (exact) mass is 1320 g/mol. The molecule has 0 fully saturated rings. The van der Waals surface area contributed by atoms with Gasteiger partial charge in [-0.15, -0.1) is 0 Å². The molecule has 0 aliphatic carbocycles. The number of unbranched alkanes of at least 4 members (excludes halogenated alkanes) is 26. The molecule has 0 aromatic heterocycles. The van der Waals surface area contributed by atoms with E-state index in [4.69, 9.17) is 18.9 Å². The fourth-order valence-corrected chi connectivity index (χ4v) is 10.2. The molecule has 0 bridgehead atoms. The Morgan fingerprint density at radius 3 is 0.842 bits per heavy atom. The van der Waals surface area contributed by atoms with Crippen LogP contribution < -0.4 is 0 Å². The largest absolute Gasteiger partial charge is 0.477 e. The molecule has 0 saturated heterocycles. The van der Waals surface area contributed by atoms with Gasteiger partial charge in [-0.1, -0.05) is 325 Å². The van der Waals surface area contributed by atoms with E-state index in [9.17, 15) is 19.5 Å². The van der Waals surface area contributed by atoms with Crippen LogP contribution in [0.3, 0.4) is 0 Å². The predicted molar refractivity (Wildman–Crippen MR) is 410 cm³/mol. The van der Waals surface area contributed by atoms with Crippen molar-refractivity contribution >= 4 is 17.9 Å². The zero-order chi connectivity index (χ0) is 69.0. The first-order valence-corrected chi connectivity index (χ1v) is 38.3. The first kappa shape index (κ1) is 89.6. The van der Waals surface area contributed by atoms with Crippen LogP contribution >= 0.6 is 0 Å². The van der Waals surface area contributed by atoms with Crippen LogP contribution in [-0.2, 0) is 33.3 Å². The summed E-state index contributed by atoms with van der Waals surface area (Å²) in [7, 11) is 5.97. The second-order valence-electron chi connectivity index (χ2n) is 26.2. The van der Waals surface area contributed by atoms with Gasteiger partial charge in [0, 0.05) is 12.8 Å². The Kier molecular flexibility index (Phi) is 70.2. The SMILES string of the molecule is CC/C=C\C/C=C\C/C=C\C/C=C\C/C=C\C/C=C\C/C=C\CCCCCCCCCCCCCCCCCCCCCC(=O)OC(COC(=O)CCCCCCCCC/C=C\C/C=C\C/C=C\C/C=C\C/C=C\C/C=C\C/C=C\CC)COC(OCC[N+](C)(C)C)C(=O)O. The van der Waals surface area contributed by atoms with Crippen LogP contribution in [0.2, 0.25) is 0 Å². The van der Waals surface area contributed by atoms with Gasteiger partial charge >= 0.3 is 17.9 Å². The van der Waals surface area contributed by atoms with Gasteiger partial charge in [-0.2, -0.15) is 0 Å². The summed E-state index contributed by atoms with van der Waals surface area (Å²) in [5.41, 5.74) is 0. The van der Waals surface area contributed by atoms with Gasteiger partial charge in [-0.25, -0.2) is 4.79 Å². The van der Waals surface area contributed by atoms with E-state index in [0.717, 1.165) is 135 Å². The lowest BCUT2D eigenvalue weighted by Crippen LogP contribution is -2.40. The smallest absolute Gasteiger partial charge is 0.361 e. The summed E-state index contributed by atoms with van der Waals surface area (Å²) in [6, 6.07) is 0. The van der Waals surface area contributed by atoms with E-state index in [1.165, 1.54) is 128 Å². The van der Waals surface area contributed by atoms with Crippen molar-refractivity contribution < 1.29 is 42.9 Å². The summed E-state index contributed by atoms with van der Waals surface area (Å²) in [5.74, 6) is -2.02. The summed E-state index contributed by atoms with van der Waals surface area (Å²) < 4.78 is 23.0. The lowest BCUT2D eigenvalue weighted by atomic mass is 10.0. The van der Waals surface area contributed by atoms with Crippen LogP contribution in [0.1, 0.15) is 296 Å². The average molecular weight is 1320 g/mol. The number of carboxylic acid groups (broad SMARTS) is 1. The number of allylic oxidation sites excluding steroid dienone is 28. The van der Waals surface area contributed by atoms with Gasteiger partial charge in [-0.05, 0) is 128 Å². The van der Waals surface area contributed by atoms with Crippen LogP contribution in [0.25, 0.3) is 0 Å². The van der Waals surface area contributed by atoms with Gasteiger partial charge in [0.15, 0.2) is 6.10 Å². The van der Waals surface area contributed by atoms with Gasteiger partial charge in [0.1, 0.15) is 13.2 Å². The van der Waals surface area contributed by atoms with Crippen LogP contribution in [0.5, 0.6) is 0 Å². The molecule has 0 heterocycles. The Morgan fingerprint density at radius 1 is 0.316 bits per heavy atom. The average Bonchev–Trinajstić information content (AvgIpc) is 3.54. The van der Waals surface area contributed by atoms with Crippen LogP contribution in [0.15, 0.2) is 170 Å². The molecule has 0 saturated carbocycles. The molecule has 0 aliphatic rings. The van der Waals surface area contributed by atoms with Gasteiger partial charge in [0.05, 0.1) is 34.4 Å². The molecule has 95 heavy (non-hydrogen) atoms.